The average Bonchev–Trinajstić information content (AvgIpc) is 2.36. The third-order valence-corrected chi connectivity index (χ3v) is 4.04. The Labute approximate surface area is 126 Å². The molecule has 0 atom stereocenters. The second-order valence-corrected chi connectivity index (χ2v) is 6.64. The zero-order chi connectivity index (χ0) is 15.8. The van der Waals surface area contributed by atoms with Crippen molar-refractivity contribution in [3.63, 3.8) is 0 Å². The third kappa shape index (κ3) is 2.89. The number of benzene rings is 1. The van der Waals surface area contributed by atoms with E-state index in [9.17, 15) is 13.7 Å². The van der Waals surface area contributed by atoms with Crippen molar-refractivity contribution in [1.82, 2.24) is 9.97 Å². The standard InChI is InChI=1S/C12H10ClN5O2S/c1-21(19,20)9-4-6(13)2-3-7(9)10-8(5-14)11(15)18-12(16)17-10/h2-4H,1H3,(H4,15,16,17,18). The Morgan fingerprint density at radius 1 is 1.29 bits per heavy atom. The lowest BCUT2D eigenvalue weighted by atomic mass is 10.1. The topological polar surface area (TPSA) is 136 Å². The molecule has 0 fully saturated rings. The summed E-state index contributed by atoms with van der Waals surface area (Å²) in [6.45, 7) is 0. The Morgan fingerprint density at radius 3 is 2.52 bits per heavy atom. The summed E-state index contributed by atoms with van der Waals surface area (Å²) in [6, 6.07) is 6.06. The first-order chi connectivity index (χ1) is 9.74. The molecular formula is C12H10ClN5O2S. The van der Waals surface area contributed by atoms with Crippen LogP contribution in [-0.2, 0) is 9.84 Å². The maximum atomic E-state index is 11.9. The Balaban J connectivity index is 2.90. The van der Waals surface area contributed by atoms with Gasteiger partial charge in [0, 0.05) is 16.8 Å². The molecule has 0 saturated carbocycles. The van der Waals surface area contributed by atoms with Gasteiger partial charge in [-0.2, -0.15) is 10.2 Å². The van der Waals surface area contributed by atoms with Gasteiger partial charge in [-0.15, -0.1) is 0 Å². The fourth-order valence-corrected chi connectivity index (χ4v) is 2.94. The van der Waals surface area contributed by atoms with Gasteiger partial charge >= 0.3 is 0 Å². The van der Waals surface area contributed by atoms with E-state index in [1.165, 1.54) is 18.2 Å². The number of nitrogens with two attached hydrogens (primary N) is 2. The van der Waals surface area contributed by atoms with Crippen molar-refractivity contribution in [2.75, 3.05) is 17.7 Å². The highest BCUT2D eigenvalue weighted by molar-refractivity contribution is 7.90. The number of rotatable bonds is 2. The van der Waals surface area contributed by atoms with Gasteiger partial charge in [-0.3, -0.25) is 0 Å². The smallest absolute Gasteiger partial charge is 0.222 e. The molecule has 0 aliphatic rings. The van der Waals surface area contributed by atoms with Crippen LogP contribution in [0.25, 0.3) is 11.3 Å². The van der Waals surface area contributed by atoms with Crippen LogP contribution >= 0.6 is 11.6 Å². The molecule has 1 aromatic heterocycles. The molecule has 0 aliphatic heterocycles. The SMILES string of the molecule is CS(=O)(=O)c1cc(Cl)ccc1-c1nc(N)nc(N)c1C#N. The normalized spacial score (nSPS) is 11.1. The summed E-state index contributed by atoms with van der Waals surface area (Å²) in [5.41, 5.74) is 11.4. The number of nitriles is 1. The van der Waals surface area contributed by atoms with E-state index in [0.717, 1.165) is 6.26 Å². The van der Waals surface area contributed by atoms with Crippen LogP contribution in [0.2, 0.25) is 5.02 Å². The summed E-state index contributed by atoms with van der Waals surface area (Å²) in [6.07, 6.45) is 1.03. The lowest BCUT2D eigenvalue weighted by molar-refractivity contribution is 0.602. The number of sulfone groups is 1. The molecule has 0 spiro atoms. The minimum atomic E-state index is -3.59. The van der Waals surface area contributed by atoms with Crippen molar-refractivity contribution in [1.29, 1.82) is 5.26 Å². The van der Waals surface area contributed by atoms with E-state index in [0.29, 0.717) is 0 Å². The van der Waals surface area contributed by atoms with E-state index < -0.39 is 9.84 Å². The molecular weight excluding hydrogens is 314 g/mol. The van der Waals surface area contributed by atoms with Crippen LogP contribution in [0.4, 0.5) is 11.8 Å². The van der Waals surface area contributed by atoms with Crippen LogP contribution < -0.4 is 11.5 Å². The second-order valence-electron chi connectivity index (χ2n) is 4.22. The number of nitrogens with zero attached hydrogens (tertiary/aromatic N) is 3. The van der Waals surface area contributed by atoms with Gasteiger partial charge in [0.15, 0.2) is 9.84 Å². The zero-order valence-corrected chi connectivity index (χ0v) is 12.4. The largest absolute Gasteiger partial charge is 0.382 e. The molecule has 2 aromatic rings. The molecule has 108 valence electrons. The second kappa shape index (κ2) is 5.20. The van der Waals surface area contributed by atoms with Crippen LogP contribution in [0.5, 0.6) is 0 Å². The molecule has 0 bridgehead atoms. The summed E-state index contributed by atoms with van der Waals surface area (Å²) in [7, 11) is -3.59. The molecule has 1 heterocycles. The summed E-state index contributed by atoms with van der Waals surface area (Å²) in [4.78, 5) is 7.56. The summed E-state index contributed by atoms with van der Waals surface area (Å²) < 4.78 is 23.8. The highest BCUT2D eigenvalue weighted by Crippen LogP contribution is 2.32. The Kier molecular flexibility index (Phi) is 3.72. The maximum Gasteiger partial charge on any atom is 0.222 e. The monoisotopic (exact) mass is 323 g/mol. The van der Waals surface area contributed by atoms with Crippen molar-refractivity contribution in [2.45, 2.75) is 4.90 Å². The van der Waals surface area contributed by atoms with Crippen molar-refractivity contribution in [2.24, 2.45) is 0 Å². The van der Waals surface area contributed by atoms with Gasteiger partial charge in [-0.1, -0.05) is 11.6 Å². The maximum absolute atomic E-state index is 11.9. The van der Waals surface area contributed by atoms with Gasteiger partial charge in [-0.25, -0.2) is 13.4 Å². The zero-order valence-electron chi connectivity index (χ0n) is 10.8. The quantitative estimate of drug-likeness (QED) is 0.848. The van der Waals surface area contributed by atoms with Crippen molar-refractivity contribution >= 4 is 33.2 Å². The Morgan fingerprint density at radius 2 is 1.95 bits per heavy atom. The summed E-state index contributed by atoms with van der Waals surface area (Å²) in [5, 5.41) is 9.42. The van der Waals surface area contributed by atoms with E-state index in [2.05, 4.69) is 9.97 Å². The lowest BCUT2D eigenvalue weighted by Gasteiger charge is -2.11. The Bertz CT molecular complexity index is 874. The molecule has 0 amide bonds. The third-order valence-electron chi connectivity index (χ3n) is 2.66. The average molecular weight is 324 g/mol. The number of halogens is 1. The van der Waals surface area contributed by atoms with Gasteiger partial charge in [0.25, 0.3) is 0 Å². The number of anilines is 2. The predicted molar refractivity (Wildman–Crippen MR) is 79.1 cm³/mol. The molecule has 0 radical (unpaired) electrons. The van der Waals surface area contributed by atoms with Gasteiger partial charge < -0.3 is 11.5 Å². The molecule has 7 nitrogen and oxygen atoms in total. The number of aromatic nitrogens is 2. The molecule has 2 rings (SSSR count). The molecule has 1 aromatic carbocycles. The van der Waals surface area contributed by atoms with Crippen molar-refractivity contribution in [3.05, 3.63) is 28.8 Å². The lowest BCUT2D eigenvalue weighted by Crippen LogP contribution is -2.07. The predicted octanol–water partition coefficient (Wildman–Crippen LogP) is 1.24. The first-order valence-electron chi connectivity index (χ1n) is 5.57. The van der Waals surface area contributed by atoms with E-state index in [-0.39, 0.29) is 38.5 Å². The number of hydrogen-bond acceptors (Lipinski definition) is 7. The van der Waals surface area contributed by atoms with E-state index >= 15 is 0 Å². The first kappa shape index (κ1) is 15.0. The minimum Gasteiger partial charge on any atom is -0.382 e. The highest BCUT2D eigenvalue weighted by Gasteiger charge is 2.21. The van der Waals surface area contributed by atoms with Crippen LogP contribution in [0.3, 0.4) is 0 Å². The van der Waals surface area contributed by atoms with Gasteiger partial charge in [0.1, 0.15) is 17.5 Å². The summed E-state index contributed by atoms with van der Waals surface area (Å²) in [5.74, 6) is -0.273. The van der Waals surface area contributed by atoms with E-state index in [1.807, 2.05) is 6.07 Å². The molecule has 0 unspecified atom stereocenters. The number of nitrogen functional groups attached to an aromatic ring is 2. The molecule has 0 saturated heterocycles. The van der Waals surface area contributed by atoms with Crippen LogP contribution in [0, 0.1) is 11.3 Å². The van der Waals surface area contributed by atoms with Crippen LogP contribution in [0.1, 0.15) is 5.56 Å². The Hall–Kier alpha value is -2.37. The first-order valence-corrected chi connectivity index (χ1v) is 7.84. The molecule has 4 N–H and O–H groups in total. The van der Waals surface area contributed by atoms with Gasteiger partial charge in [0.2, 0.25) is 5.95 Å². The van der Waals surface area contributed by atoms with E-state index in [1.54, 1.807) is 0 Å². The molecule has 21 heavy (non-hydrogen) atoms. The number of hydrogen-bond donors (Lipinski definition) is 2. The minimum absolute atomic E-state index is 0.0450. The molecule has 9 heteroatoms. The fourth-order valence-electron chi connectivity index (χ4n) is 1.80. The fraction of sp³-hybridized carbons (Fsp3) is 0.0833. The summed E-state index contributed by atoms with van der Waals surface area (Å²) >= 11 is 5.83. The highest BCUT2D eigenvalue weighted by atomic mass is 35.5. The van der Waals surface area contributed by atoms with Crippen molar-refractivity contribution in [3.8, 4) is 17.3 Å². The van der Waals surface area contributed by atoms with Gasteiger partial charge in [-0.05, 0) is 18.2 Å². The van der Waals surface area contributed by atoms with Crippen molar-refractivity contribution < 1.29 is 8.42 Å². The van der Waals surface area contributed by atoms with Crippen LogP contribution in [0.15, 0.2) is 23.1 Å². The molecule has 0 aliphatic carbocycles. The van der Waals surface area contributed by atoms with E-state index in [4.69, 9.17) is 23.1 Å². The van der Waals surface area contributed by atoms with Crippen LogP contribution in [-0.4, -0.2) is 24.6 Å². The van der Waals surface area contributed by atoms with Gasteiger partial charge in [0.05, 0.1) is 10.6 Å².